The number of aryl methyl sites for hydroxylation is 1. The fourth-order valence-corrected chi connectivity index (χ4v) is 7.70. The van der Waals surface area contributed by atoms with Crippen molar-refractivity contribution in [3.63, 3.8) is 0 Å². The molecule has 12 heteroatoms. The Morgan fingerprint density at radius 3 is 2.41 bits per heavy atom. The fourth-order valence-electron chi connectivity index (χ4n) is 6.43. The molecule has 7 aromatic rings. The minimum atomic E-state index is -3.94. The number of H-pyrrole nitrogens is 1. The van der Waals surface area contributed by atoms with E-state index >= 15 is 0 Å². The summed E-state index contributed by atoms with van der Waals surface area (Å²) in [6.45, 7) is 4.22. The number of imidazole rings is 1. The second-order valence-corrected chi connectivity index (χ2v) is 13.7. The van der Waals surface area contributed by atoms with E-state index in [1.54, 1.807) is 18.2 Å². The summed E-state index contributed by atoms with van der Waals surface area (Å²) in [7, 11) is -0.0451. The van der Waals surface area contributed by atoms with E-state index in [4.69, 9.17) is 4.98 Å². The van der Waals surface area contributed by atoms with Gasteiger partial charge in [0.25, 0.3) is 10.0 Å². The Bertz CT molecular complexity index is 2370. The van der Waals surface area contributed by atoms with E-state index in [9.17, 15) is 8.42 Å². The van der Waals surface area contributed by atoms with Crippen LogP contribution < -0.4 is 9.62 Å². The highest BCUT2D eigenvalue weighted by atomic mass is 32.2. The minimum absolute atomic E-state index is 0. The van der Waals surface area contributed by atoms with Crippen molar-refractivity contribution in [3.05, 3.63) is 108 Å². The van der Waals surface area contributed by atoms with Crippen LogP contribution in [0.15, 0.2) is 102 Å². The van der Waals surface area contributed by atoms with E-state index in [1.165, 1.54) is 0 Å². The predicted molar refractivity (Wildman–Crippen MR) is 196 cm³/mol. The molecular formula is C37H38N8O3S. The number of hydrogen-bond acceptors (Lipinski definition) is 7. The molecule has 0 aliphatic heterocycles. The molecule has 0 unspecified atom stereocenters. The lowest BCUT2D eigenvalue weighted by Crippen LogP contribution is -2.14. The maximum atomic E-state index is 14.0. The Morgan fingerprint density at radius 1 is 0.898 bits per heavy atom. The zero-order valence-electron chi connectivity index (χ0n) is 27.8. The second kappa shape index (κ2) is 13.5. The van der Waals surface area contributed by atoms with Crippen molar-refractivity contribution < 1.29 is 13.9 Å². The first-order valence-corrected chi connectivity index (χ1v) is 17.4. The maximum absolute atomic E-state index is 14.0. The standard InChI is InChI=1S/C37H36N8O2S.H2O/c1-5-6-18-35-38-30-21-19-26(41-48(46,47)34-17-11-14-28-29(34)15-10-16-32(28)44(3)4)23-33(30)45(35)31-22-20-27(25-12-8-7-9-13-25)36(24(31)2)37-39-42-43-40-37;/h7-17,19-23,41H,5-6,18H2,1-4H3,(H,39,40,42,43);1H2. The van der Waals surface area contributed by atoms with Crippen molar-refractivity contribution in [1.82, 2.24) is 30.2 Å². The number of unbranched alkanes of at least 4 members (excludes halogenated alkanes) is 1. The van der Waals surface area contributed by atoms with Crippen LogP contribution in [-0.2, 0) is 16.4 Å². The number of fused-ring (bicyclic) bond motifs is 2. The van der Waals surface area contributed by atoms with Crippen LogP contribution in [0.25, 0.3) is 50.0 Å². The average Bonchev–Trinajstić information content (AvgIpc) is 3.75. The van der Waals surface area contributed by atoms with Gasteiger partial charge in [-0.25, -0.2) is 18.5 Å². The van der Waals surface area contributed by atoms with Crippen LogP contribution in [0, 0.1) is 6.92 Å². The number of sulfonamides is 1. The number of rotatable bonds is 10. The van der Waals surface area contributed by atoms with E-state index in [1.807, 2.05) is 73.6 Å². The fraction of sp³-hybridized carbons (Fsp3) is 0.189. The quantitative estimate of drug-likeness (QED) is 0.163. The molecule has 0 bridgehead atoms. The van der Waals surface area contributed by atoms with E-state index in [-0.39, 0.29) is 10.4 Å². The molecule has 0 radical (unpaired) electrons. The Labute approximate surface area is 285 Å². The maximum Gasteiger partial charge on any atom is 0.262 e. The van der Waals surface area contributed by atoms with Gasteiger partial charge in [0.1, 0.15) is 5.82 Å². The SMILES string of the molecule is CCCCc1nc2ccc(NS(=O)(=O)c3cccc4c(N(C)C)cccc34)cc2n1-c1ccc(-c2ccccc2)c(-c2nnn[nH]2)c1C.O. The van der Waals surface area contributed by atoms with Crippen LogP contribution in [-0.4, -0.2) is 58.2 Å². The average molecular weight is 675 g/mol. The summed E-state index contributed by atoms with van der Waals surface area (Å²) >= 11 is 0. The lowest BCUT2D eigenvalue weighted by molar-refractivity contribution is 0.602. The molecule has 11 nitrogen and oxygen atoms in total. The number of nitrogens with one attached hydrogen (secondary N) is 2. The first-order chi connectivity index (χ1) is 23.3. The molecule has 4 N–H and O–H groups in total. The lowest BCUT2D eigenvalue weighted by atomic mass is 9.94. The van der Waals surface area contributed by atoms with Gasteiger partial charge in [0.2, 0.25) is 0 Å². The molecule has 0 spiro atoms. The van der Waals surface area contributed by atoms with Crippen LogP contribution in [0.5, 0.6) is 0 Å². The summed E-state index contributed by atoms with van der Waals surface area (Å²) in [6, 6.07) is 30.9. The summed E-state index contributed by atoms with van der Waals surface area (Å²) < 4.78 is 32.9. The molecule has 7 rings (SSSR count). The van der Waals surface area contributed by atoms with Gasteiger partial charge in [0, 0.05) is 42.5 Å². The third-order valence-electron chi connectivity index (χ3n) is 8.70. The molecule has 0 amide bonds. The lowest BCUT2D eigenvalue weighted by Gasteiger charge is -2.18. The molecule has 250 valence electrons. The van der Waals surface area contributed by atoms with Gasteiger partial charge in [-0.3, -0.25) is 9.29 Å². The normalized spacial score (nSPS) is 11.5. The predicted octanol–water partition coefficient (Wildman–Crippen LogP) is 6.72. The molecule has 0 aliphatic rings. The van der Waals surface area contributed by atoms with Gasteiger partial charge in [-0.05, 0) is 76.9 Å². The molecule has 0 saturated heterocycles. The summed E-state index contributed by atoms with van der Waals surface area (Å²) in [5.74, 6) is 1.46. The highest BCUT2D eigenvalue weighted by Crippen LogP contribution is 2.38. The highest BCUT2D eigenvalue weighted by molar-refractivity contribution is 7.93. The largest absolute Gasteiger partial charge is 0.412 e. The van der Waals surface area contributed by atoms with Crippen molar-refractivity contribution in [2.45, 2.75) is 38.0 Å². The van der Waals surface area contributed by atoms with E-state index in [2.05, 4.69) is 68.0 Å². The molecule has 0 saturated carbocycles. The van der Waals surface area contributed by atoms with E-state index < -0.39 is 10.0 Å². The van der Waals surface area contributed by atoms with Gasteiger partial charge >= 0.3 is 0 Å². The van der Waals surface area contributed by atoms with Crippen molar-refractivity contribution in [2.24, 2.45) is 0 Å². The van der Waals surface area contributed by atoms with Crippen LogP contribution in [0.1, 0.15) is 31.2 Å². The molecule has 0 aliphatic carbocycles. The molecule has 0 fully saturated rings. The molecule has 2 heterocycles. The Morgan fingerprint density at radius 2 is 1.67 bits per heavy atom. The van der Waals surface area contributed by atoms with Gasteiger partial charge in [0.05, 0.1) is 27.3 Å². The minimum Gasteiger partial charge on any atom is -0.412 e. The van der Waals surface area contributed by atoms with Crippen LogP contribution in [0.4, 0.5) is 11.4 Å². The number of benzene rings is 5. The van der Waals surface area contributed by atoms with Crippen LogP contribution >= 0.6 is 0 Å². The molecular weight excluding hydrogens is 637 g/mol. The number of aromatic amines is 1. The first-order valence-electron chi connectivity index (χ1n) is 15.9. The van der Waals surface area contributed by atoms with Gasteiger partial charge in [-0.15, -0.1) is 5.10 Å². The van der Waals surface area contributed by atoms with E-state index in [0.29, 0.717) is 16.9 Å². The number of nitrogens with zero attached hydrogens (tertiary/aromatic N) is 6. The smallest absolute Gasteiger partial charge is 0.262 e. The topological polar surface area (TPSA) is 153 Å². The van der Waals surface area contributed by atoms with Crippen LogP contribution in [0.3, 0.4) is 0 Å². The summed E-state index contributed by atoms with van der Waals surface area (Å²) in [5, 5.41) is 16.5. The van der Waals surface area contributed by atoms with Crippen molar-refractivity contribution in [1.29, 1.82) is 0 Å². The number of aromatic nitrogens is 6. The highest BCUT2D eigenvalue weighted by Gasteiger charge is 2.23. The zero-order valence-corrected chi connectivity index (χ0v) is 28.6. The zero-order chi connectivity index (χ0) is 33.4. The Hall–Kier alpha value is -5.59. The molecule has 5 aromatic carbocycles. The Balaban J connectivity index is 0.00000417. The molecule has 49 heavy (non-hydrogen) atoms. The van der Waals surface area contributed by atoms with Gasteiger partial charge in [-0.2, -0.15) is 0 Å². The van der Waals surface area contributed by atoms with Crippen molar-refractivity contribution >= 4 is 43.2 Å². The first kappa shape index (κ1) is 33.3. The number of tetrazole rings is 1. The summed E-state index contributed by atoms with van der Waals surface area (Å²) in [6.07, 6.45) is 2.73. The van der Waals surface area contributed by atoms with Gasteiger partial charge < -0.3 is 10.4 Å². The molecule has 0 atom stereocenters. The summed E-state index contributed by atoms with van der Waals surface area (Å²) in [5.41, 5.74) is 7.78. The Kier molecular flexibility index (Phi) is 9.18. The van der Waals surface area contributed by atoms with Gasteiger partial charge in [-0.1, -0.05) is 74.0 Å². The van der Waals surface area contributed by atoms with Crippen LogP contribution in [0.2, 0.25) is 0 Å². The van der Waals surface area contributed by atoms with Crippen molar-refractivity contribution in [2.75, 3.05) is 23.7 Å². The monoisotopic (exact) mass is 674 g/mol. The summed E-state index contributed by atoms with van der Waals surface area (Å²) in [4.78, 5) is 7.24. The molecule has 2 aromatic heterocycles. The number of anilines is 2. The third kappa shape index (κ3) is 6.12. The number of hydrogen-bond donors (Lipinski definition) is 2. The van der Waals surface area contributed by atoms with E-state index in [0.717, 1.165) is 75.1 Å². The third-order valence-corrected chi connectivity index (χ3v) is 10.1. The van der Waals surface area contributed by atoms with Crippen molar-refractivity contribution in [3.8, 4) is 28.2 Å². The second-order valence-electron chi connectivity index (χ2n) is 12.0. The van der Waals surface area contributed by atoms with Gasteiger partial charge in [0.15, 0.2) is 5.82 Å².